The number of fused-ring (bicyclic) bond motifs is 3. The predicted molar refractivity (Wildman–Crippen MR) is 115 cm³/mol. The van der Waals surface area contributed by atoms with E-state index < -0.39 is 28.9 Å². The van der Waals surface area contributed by atoms with Crippen molar-refractivity contribution in [3.05, 3.63) is 77.3 Å². The second-order valence-corrected chi connectivity index (χ2v) is 7.74. The standard InChI is InChI=1S/C24H20N2O6/c1-25-16-9-5-4-8-15(16)24(23(25)30)19(21(28)22(29)26(24)11-12-31-2)20(27)18-13-14-7-3-6-10-17(14)32-18/h3-10,13,28H,11-12H2,1-2H3. The summed E-state index contributed by atoms with van der Waals surface area (Å²) in [7, 11) is 3.05. The fourth-order valence-corrected chi connectivity index (χ4v) is 4.68. The van der Waals surface area contributed by atoms with Gasteiger partial charge in [0.2, 0.25) is 5.78 Å². The quantitative estimate of drug-likeness (QED) is 0.623. The molecule has 162 valence electrons. The van der Waals surface area contributed by atoms with Gasteiger partial charge in [-0.3, -0.25) is 14.4 Å². The minimum absolute atomic E-state index is 0.00418. The largest absolute Gasteiger partial charge is 0.503 e. The number of amides is 2. The third-order valence-corrected chi connectivity index (χ3v) is 6.12. The zero-order valence-electron chi connectivity index (χ0n) is 17.5. The molecular formula is C24H20N2O6. The molecule has 0 aliphatic carbocycles. The molecule has 1 spiro atoms. The normalized spacial score (nSPS) is 20.2. The molecule has 0 bridgehead atoms. The van der Waals surface area contributed by atoms with Gasteiger partial charge >= 0.3 is 0 Å². The van der Waals surface area contributed by atoms with Crippen molar-refractivity contribution in [1.29, 1.82) is 0 Å². The van der Waals surface area contributed by atoms with E-state index in [9.17, 15) is 19.5 Å². The molecule has 0 fully saturated rings. The molecule has 0 saturated heterocycles. The monoisotopic (exact) mass is 432 g/mol. The molecule has 3 aromatic rings. The van der Waals surface area contributed by atoms with Crippen molar-refractivity contribution < 1.29 is 28.6 Å². The smallest absolute Gasteiger partial charge is 0.290 e. The van der Waals surface area contributed by atoms with Crippen LogP contribution in [0.4, 0.5) is 5.69 Å². The number of furan rings is 1. The van der Waals surface area contributed by atoms with Gasteiger partial charge < -0.3 is 24.1 Å². The van der Waals surface area contributed by atoms with E-state index in [1.165, 1.54) is 16.9 Å². The molecule has 1 aromatic heterocycles. The minimum Gasteiger partial charge on any atom is -0.503 e. The fourth-order valence-electron chi connectivity index (χ4n) is 4.68. The number of methoxy groups -OCH3 is 1. The molecule has 5 rings (SSSR count). The predicted octanol–water partition coefficient (Wildman–Crippen LogP) is 2.79. The summed E-state index contributed by atoms with van der Waals surface area (Å²) < 4.78 is 10.9. The molecular weight excluding hydrogens is 412 g/mol. The molecule has 2 aliphatic rings. The summed E-state index contributed by atoms with van der Waals surface area (Å²) >= 11 is 0. The number of carbonyl (C=O) groups excluding carboxylic acids is 3. The van der Waals surface area contributed by atoms with Crippen LogP contribution in [0.1, 0.15) is 16.1 Å². The van der Waals surface area contributed by atoms with Crippen molar-refractivity contribution >= 4 is 34.3 Å². The Morgan fingerprint density at radius 2 is 1.84 bits per heavy atom. The first-order valence-corrected chi connectivity index (χ1v) is 10.1. The van der Waals surface area contributed by atoms with E-state index in [0.717, 1.165) is 0 Å². The zero-order valence-corrected chi connectivity index (χ0v) is 17.5. The number of aliphatic hydroxyl groups is 1. The second kappa shape index (κ2) is 7.06. The van der Waals surface area contributed by atoms with Gasteiger partial charge in [-0.2, -0.15) is 0 Å². The number of rotatable bonds is 5. The van der Waals surface area contributed by atoms with E-state index >= 15 is 0 Å². The van der Waals surface area contributed by atoms with Crippen molar-refractivity contribution in [2.45, 2.75) is 5.54 Å². The number of ketones is 1. The second-order valence-electron chi connectivity index (χ2n) is 7.74. The highest BCUT2D eigenvalue weighted by Gasteiger charge is 2.65. The minimum atomic E-state index is -1.80. The number of nitrogens with zero attached hydrogens (tertiary/aromatic N) is 2. The number of anilines is 1. The Labute approximate surface area is 183 Å². The fraction of sp³-hybridized carbons (Fsp3) is 0.208. The van der Waals surface area contributed by atoms with Crippen LogP contribution in [-0.2, 0) is 19.9 Å². The van der Waals surface area contributed by atoms with Crippen molar-refractivity contribution in [3.8, 4) is 0 Å². The maximum Gasteiger partial charge on any atom is 0.290 e. The molecule has 2 amide bonds. The van der Waals surface area contributed by atoms with Crippen LogP contribution in [0, 0.1) is 0 Å². The van der Waals surface area contributed by atoms with Crippen LogP contribution in [0.5, 0.6) is 0 Å². The Balaban J connectivity index is 1.76. The molecule has 8 nitrogen and oxygen atoms in total. The van der Waals surface area contributed by atoms with E-state index in [-0.39, 0.29) is 24.5 Å². The summed E-state index contributed by atoms with van der Waals surface area (Å²) in [6.07, 6.45) is 0. The molecule has 1 unspecified atom stereocenters. The molecule has 32 heavy (non-hydrogen) atoms. The number of Topliss-reactive ketones (excluding diaryl/α,β-unsaturated/α-hetero) is 1. The van der Waals surface area contributed by atoms with Crippen LogP contribution >= 0.6 is 0 Å². The first-order chi connectivity index (χ1) is 15.4. The highest BCUT2D eigenvalue weighted by Crippen LogP contribution is 2.53. The van der Waals surface area contributed by atoms with Gasteiger partial charge in [-0.1, -0.05) is 36.4 Å². The Kier molecular flexibility index (Phi) is 4.42. The van der Waals surface area contributed by atoms with Gasteiger partial charge in [0, 0.05) is 37.3 Å². The average Bonchev–Trinajstić information content (AvgIpc) is 3.40. The number of para-hydroxylation sites is 2. The highest BCUT2D eigenvalue weighted by atomic mass is 16.5. The van der Waals surface area contributed by atoms with Gasteiger partial charge in [-0.15, -0.1) is 0 Å². The highest BCUT2D eigenvalue weighted by molar-refractivity contribution is 6.26. The van der Waals surface area contributed by atoms with E-state index in [1.54, 1.807) is 55.6 Å². The van der Waals surface area contributed by atoms with Gasteiger partial charge in [0.1, 0.15) is 5.58 Å². The molecule has 1 atom stereocenters. The molecule has 1 N–H and O–H groups in total. The van der Waals surface area contributed by atoms with Crippen molar-refractivity contribution in [2.24, 2.45) is 0 Å². The lowest BCUT2D eigenvalue weighted by Gasteiger charge is -2.35. The summed E-state index contributed by atoms with van der Waals surface area (Å²) in [6, 6.07) is 15.5. The van der Waals surface area contributed by atoms with Crippen LogP contribution in [0.15, 0.2) is 70.3 Å². The van der Waals surface area contributed by atoms with E-state index in [0.29, 0.717) is 22.2 Å². The van der Waals surface area contributed by atoms with Crippen LogP contribution in [-0.4, -0.2) is 54.9 Å². The van der Waals surface area contributed by atoms with Crippen LogP contribution in [0.25, 0.3) is 11.0 Å². The van der Waals surface area contributed by atoms with Crippen molar-refractivity contribution in [3.63, 3.8) is 0 Å². The lowest BCUT2D eigenvalue weighted by atomic mass is 9.81. The molecule has 0 radical (unpaired) electrons. The number of hydrogen-bond donors (Lipinski definition) is 1. The number of ether oxygens (including phenoxy) is 1. The Hall–Kier alpha value is -3.91. The maximum atomic E-state index is 13.7. The van der Waals surface area contributed by atoms with E-state index in [2.05, 4.69) is 0 Å². The number of hydrogen-bond acceptors (Lipinski definition) is 6. The Bertz CT molecular complexity index is 1290. The van der Waals surface area contributed by atoms with E-state index in [1.807, 2.05) is 6.07 Å². The van der Waals surface area contributed by atoms with Gasteiger partial charge in [0.05, 0.1) is 12.2 Å². The Morgan fingerprint density at radius 1 is 1.12 bits per heavy atom. The lowest BCUT2D eigenvalue weighted by Crippen LogP contribution is -2.54. The summed E-state index contributed by atoms with van der Waals surface area (Å²) in [5.74, 6) is -2.85. The van der Waals surface area contributed by atoms with Gasteiger partial charge in [-0.25, -0.2) is 0 Å². The van der Waals surface area contributed by atoms with Gasteiger partial charge in [0.25, 0.3) is 11.8 Å². The molecule has 2 aromatic carbocycles. The lowest BCUT2D eigenvalue weighted by molar-refractivity contribution is -0.140. The SMILES string of the molecule is COCCN1C(=O)C(O)=C(C(=O)c2cc3ccccc3o2)C12C(=O)N(C)c1ccccc12. The first kappa shape index (κ1) is 20.0. The van der Waals surface area contributed by atoms with Gasteiger partial charge in [0.15, 0.2) is 17.1 Å². The molecule has 3 heterocycles. The van der Waals surface area contributed by atoms with Crippen LogP contribution in [0.2, 0.25) is 0 Å². The summed E-state index contributed by atoms with van der Waals surface area (Å²) in [4.78, 5) is 43.2. The summed E-state index contributed by atoms with van der Waals surface area (Å²) in [5.41, 5.74) is -0.626. The average molecular weight is 432 g/mol. The van der Waals surface area contributed by atoms with Crippen LogP contribution in [0.3, 0.4) is 0 Å². The maximum absolute atomic E-state index is 13.7. The number of aliphatic hydroxyl groups excluding tert-OH is 1. The van der Waals surface area contributed by atoms with Crippen molar-refractivity contribution in [1.82, 2.24) is 4.90 Å². The molecule has 8 heteroatoms. The molecule has 0 saturated carbocycles. The third kappa shape index (κ3) is 2.44. The first-order valence-electron chi connectivity index (χ1n) is 10.1. The summed E-state index contributed by atoms with van der Waals surface area (Å²) in [6.45, 7) is 0.121. The summed E-state index contributed by atoms with van der Waals surface area (Å²) in [5, 5.41) is 11.6. The van der Waals surface area contributed by atoms with E-state index in [4.69, 9.17) is 9.15 Å². The molecule has 2 aliphatic heterocycles. The third-order valence-electron chi connectivity index (χ3n) is 6.12. The number of carbonyl (C=O) groups is 3. The van der Waals surface area contributed by atoms with Gasteiger partial charge in [-0.05, 0) is 18.2 Å². The Morgan fingerprint density at radius 3 is 2.59 bits per heavy atom. The topological polar surface area (TPSA) is 100 Å². The zero-order chi connectivity index (χ0) is 22.6. The van der Waals surface area contributed by atoms with Crippen molar-refractivity contribution in [2.75, 3.05) is 32.2 Å². The van der Waals surface area contributed by atoms with Crippen LogP contribution < -0.4 is 4.90 Å². The number of likely N-dealkylation sites (N-methyl/N-ethyl adjacent to an activating group) is 1. The number of benzene rings is 2.